The number of esters is 1. The van der Waals surface area contributed by atoms with Crippen LogP contribution in [-0.4, -0.2) is 25.0 Å². The van der Waals surface area contributed by atoms with Crippen LogP contribution in [0.3, 0.4) is 0 Å². The molecule has 2 aromatic carbocycles. The Morgan fingerprint density at radius 3 is 2.36 bits per heavy atom. The minimum atomic E-state index is -1.35. The van der Waals surface area contributed by atoms with Crippen molar-refractivity contribution in [2.45, 2.75) is 13.0 Å². The first-order valence-electron chi connectivity index (χ1n) is 7.47. The van der Waals surface area contributed by atoms with Crippen molar-refractivity contribution in [3.63, 3.8) is 0 Å². The van der Waals surface area contributed by atoms with E-state index in [0.717, 1.165) is 6.07 Å². The lowest BCUT2D eigenvalue weighted by Gasteiger charge is -2.17. The van der Waals surface area contributed by atoms with E-state index >= 15 is 0 Å². The van der Waals surface area contributed by atoms with Crippen molar-refractivity contribution in [2.75, 3.05) is 7.05 Å². The smallest absolute Gasteiger partial charge is 0.339 e. The van der Waals surface area contributed by atoms with E-state index in [4.69, 9.17) is 4.74 Å². The Kier molecular flexibility index (Phi) is 5.84. The maximum atomic E-state index is 13.6. The third-order valence-corrected chi connectivity index (χ3v) is 3.44. The number of hydrogen-bond acceptors (Lipinski definition) is 4. The summed E-state index contributed by atoms with van der Waals surface area (Å²) in [5.41, 5.74) is 0.732. The lowest BCUT2D eigenvalue weighted by Crippen LogP contribution is -2.41. The van der Waals surface area contributed by atoms with Crippen molar-refractivity contribution in [1.82, 2.24) is 10.6 Å². The molecule has 0 aliphatic carbocycles. The molecule has 0 fully saturated rings. The number of hydrogen-bond donors (Lipinski definition) is 2. The van der Waals surface area contributed by atoms with Crippen LogP contribution in [0.2, 0.25) is 0 Å². The fourth-order valence-electron chi connectivity index (χ4n) is 2.04. The topological polar surface area (TPSA) is 84.5 Å². The molecule has 0 aliphatic rings. The van der Waals surface area contributed by atoms with E-state index in [0.29, 0.717) is 11.1 Å². The number of carbonyl (C=O) groups is 3. The highest BCUT2D eigenvalue weighted by Gasteiger charge is 2.27. The van der Waals surface area contributed by atoms with Gasteiger partial charge in [-0.2, -0.15) is 0 Å². The molecule has 1 unspecified atom stereocenters. The van der Waals surface area contributed by atoms with Gasteiger partial charge >= 0.3 is 12.0 Å². The lowest BCUT2D eigenvalue weighted by atomic mass is 10.1. The summed E-state index contributed by atoms with van der Waals surface area (Å²) in [5.74, 6) is -2.24. The van der Waals surface area contributed by atoms with Gasteiger partial charge in [0, 0.05) is 12.6 Å². The predicted octanol–water partition coefficient (Wildman–Crippen LogP) is 2.49. The summed E-state index contributed by atoms with van der Waals surface area (Å²) in [5, 5.41) is 4.31. The first kappa shape index (κ1) is 18.1. The number of halogens is 1. The van der Waals surface area contributed by atoms with Gasteiger partial charge in [-0.1, -0.05) is 36.4 Å². The Morgan fingerprint density at radius 1 is 1.08 bits per heavy atom. The Hall–Kier alpha value is -3.22. The normalized spacial score (nSPS) is 11.3. The molecule has 6 nitrogen and oxygen atoms in total. The van der Waals surface area contributed by atoms with Gasteiger partial charge in [0.15, 0.2) is 0 Å². The van der Waals surface area contributed by atoms with Gasteiger partial charge in [0.1, 0.15) is 5.82 Å². The van der Waals surface area contributed by atoms with E-state index < -0.39 is 29.8 Å². The van der Waals surface area contributed by atoms with Gasteiger partial charge in [0.05, 0.1) is 5.56 Å². The molecule has 2 N–H and O–H groups in total. The molecular formula is C18H17FN2O4. The van der Waals surface area contributed by atoms with Crippen molar-refractivity contribution < 1.29 is 23.5 Å². The molecule has 2 rings (SSSR count). The van der Waals surface area contributed by atoms with Crippen molar-refractivity contribution in [2.24, 2.45) is 0 Å². The van der Waals surface area contributed by atoms with Gasteiger partial charge < -0.3 is 10.1 Å². The minimum absolute atomic E-state index is 0.0308. The Bertz CT molecular complexity index is 793. The first-order valence-corrected chi connectivity index (χ1v) is 7.47. The Morgan fingerprint density at radius 2 is 1.76 bits per heavy atom. The zero-order chi connectivity index (χ0) is 18.4. The standard InChI is InChI=1S/C18H17FN2O4/c1-11-8-9-13(10-14(11)19)17(23)25-15(12-6-4-3-5-7-12)16(22)21-18(24)20-2/h3-10,15H,1-2H3,(H2,20,21,22,24). The quantitative estimate of drug-likeness (QED) is 0.835. The van der Waals surface area contributed by atoms with Crippen LogP contribution in [0, 0.1) is 12.7 Å². The highest BCUT2D eigenvalue weighted by molar-refractivity contribution is 5.99. The SMILES string of the molecule is CNC(=O)NC(=O)C(OC(=O)c1ccc(C)c(F)c1)c1ccccc1. The number of imide groups is 1. The molecule has 3 amide bonds. The third kappa shape index (κ3) is 4.63. The maximum Gasteiger partial charge on any atom is 0.339 e. The van der Waals surface area contributed by atoms with Crippen LogP contribution >= 0.6 is 0 Å². The van der Waals surface area contributed by atoms with E-state index in [-0.39, 0.29) is 5.56 Å². The fraction of sp³-hybridized carbons (Fsp3) is 0.167. The van der Waals surface area contributed by atoms with Crippen LogP contribution in [0.1, 0.15) is 27.6 Å². The number of benzene rings is 2. The molecule has 25 heavy (non-hydrogen) atoms. The van der Waals surface area contributed by atoms with E-state index in [1.165, 1.54) is 19.2 Å². The van der Waals surface area contributed by atoms with Gasteiger partial charge in [-0.25, -0.2) is 14.0 Å². The van der Waals surface area contributed by atoms with Gasteiger partial charge in [0.2, 0.25) is 6.10 Å². The zero-order valence-corrected chi connectivity index (χ0v) is 13.7. The number of aryl methyl sites for hydroxylation is 1. The van der Waals surface area contributed by atoms with Gasteiger partial charge in [-0.15, -0.1) is 0 Å². The maximum absolute atomic E-state index is 13.6. The van der Waals surface area contributed by atoms with E-state index in [2.05, 4.69) is 10.6 Å². The molecule has 0 saturated carbocycles. The van der Waals surface area contributed by atoms with Crippen LogP contribution in [0.4, 0.5) is 9.18 Å². The highest BCUT2D eigenvalue weighted by atomic mass is 19.1. The van der Waals surface area contributed by atoms with Crippen LogP contribution < -0.4 is 10.6 Å². The van der Waals surface area contributed by atoms with E-state index in [9.17, 15) is 18.8 Å². The molecule has 0 radical (unpaired) electrons. The average Bonchev–Trinajstić information content (AvgIpc) is 2.62. The van der Waals surface area contributed by atoms with Crippen LogP contribution in [0.15, 0.2) is 48.5 Å². The second-order valence-corrected chi connectivity index (χ2v) is 5.23. The summed E-state index contributed by atoms with van der Waals surface area (Å²) >= 11 is 0. The summed E-state index contributed by atoms with van der Waals surface area (Å²) in [7, 11) is 1.35. The van der Waals surface area contributed by atoms with E-state index in [1.807, 2.05) is 0 Å². The summed E-state index contributed by atoms with van der Waals surface area (Å²) in [6.45, 7) is 1.56. The summed E-state index contributed by atoms with van der Waals surface area (Å²) in [6, 6.07) is 11.4. The number of urea groups is 1. The van der Waals surface area contributed by atoms with Crippen molar-refractivity contribution in [3.05, 3.63) is 71.0 Å². The Labute approximate surface area is 144 Å². The third-order valence-electron chi connectivity index (χ3n) is 3.44. The van der Waals surface area contributed by atoms with Crippen LogP contribution in [0.25, 0.3) is 0 Å². The number of rotatable bonds is 4. The summed E-state index contributed by atoms with van der Waals surface area (Å²) in [6.07, 6.45) is -1.35. The zero-order valence-electron chi connectivity index (χ0n) is 13.7. The number of ether oxygens (including phenoxy) is 1. The summed E-state index contributed by atoms with van der Waals surface area (Å²) < 4.78 is 18.9. The number of amides is 3. The molecule has 0 bridgehead atoms. The Balaban J connectivity index is 2.26. The first-order chi connectivity index (χ1) is 11.9. The summed E-state index contributed by atoms with van der Waals surface area (Å²) in [4.78, 5) is 35.9. The number of nitrogens with one attached hydrogen (secondary N) is 2. The van der Waals surface area contributed by atoms with Gasteiger partial charge in [-0.05, 0) is 24.6 Å². The second kappa shape index (κ2) is 8.05. The molecular weight excluding hydrogens is 327 g/mol. The molecule has 130 valence electrons. The van der Waals surface area contributed by atoms with Gasteiger partial charge in [0.25, 0.3) is 5.91 Å². The molecule has 7 heteroatoms. The minimum Gasteiger partial charge on any atom is -0.444 e. The predicted molar refractivity (Wildman–Crippen MR) is 88.3 cm³/mol. The largest absolute Gasteiger partial charge is 0.444 e. The fourth-order valence-corrected chi connectivity index (χ4v) is 2.04. The molecule has 0 spiro atoms. The average molecular weight is 344 g/mol. The van der Waals surface area contributed by atoms with Crippen molar-refractivity contribution in [3.8, 4) is 0 Å². The van der Waals surface area contributed by atoms with Gasteiger partial charge in [-0.3, -0.25) is 10.1 Å². The molecule has 1 atom stereocenters. The monoisotopic (exact) mass is 344 g/mol. The highest BCUT2D eigenvalue weighted by Crippen LogP contribution is 2.20. The molecule has 0 saturated heterocycles. The number of carbonyl (C=O) groups excluding carboxylic acids is 3. The van der Waals surface area contributed by atoms with Crippen LogP contribution in [0.5, 0.6) is 0 Å². The van der Waals surface area contributed by atoms with Crippen molar-refractivity contribution in [1.29, 1.82) is 0 Å². The second-order valence-electron chi connectivity index (χ2n) is 5.23. The van der Waals surface area contributed by atoms with Crippen molar-refractivity contribution >= 4 is 17.9 Å². The molecule has 2 aromatic rings. The lowest BCUT2D eigenvalue weighted by molar-refractivity contribution is -0.129. The molecule has 0 aromatic heterocycles. The van der Waals surface area contributed by atoms with E-state index in [1.54, 1.807) is 37.3 Å². The molecule has 0 heterocycles. The molecule has 0 aliphatic heterocycles. The van der Waals surface area contributed by atoms with Crippen LogP contribution in [-0.2, 0) is 9.53 Å².